The summed E-state index contributed by atoms with van der Waals surface area (Å²) in [6.07, 6.45) is 2.09. The number of benzene rings is 2. The van der Waals surface area contributed by atoms with Crippen molar-refractivity contribution in [1.82, 2.24) is 0 Å². The van der Waals surface area contributed by atoms with Gasteiger partial charge < -0.3 is 10.3 Å². The van der Waals surface area contributed by atoms with Gasteiger partial charge in [0.25, 0.3) is 0 Å². The minimum absolute atomic E-state index is 0.0203. The molecule has 4 heteroatoms. The van der Waals surface area contributed by atoms with Gasteiger partial charge in [0.2, 0.25) is 0 Å². The van der Waals surface area contributed by atoms with Crippen LogP contribution in [0.3, 0.4) is 0 Å². The van der Waals surface area contributed by atoms with Gasteiger partial charge in [-0.3, -0.25) is 0 Å². The highest BCUT2D eigenvalue weighted by atomic mass is 19.2. The highest BCUT2D eigenvalue weighted by molar-refractivity contribution is 5.49. The average Bonchev–Trinajstić information content (AvgIpc) is 3.29. The van der Waals surface area contributed by atoms with Crippen LogP contribution < -0.4 is 5.06 Å². The van der Waals surface area contributed by atoms with Crippen molar-refractivity contribution in [3.63, 3.8) is 0 Å². The topological polar surface area (TPSA) is 27.5 Å². The summed E-state index contributed by atoms with van der Waals surface area (Å²) in [6, 6.07) is 9.79. The number of rotatable bonds is 0. The Labute approximate surface area is 133 Å². The number of fused-ring (bicyclic) bond motifs is 2. The van der Waals surface area contributed by atoms with E-state index < -0.39 is 11.6 Å². The first-order valence-electron chi connectivity index (χ1n) is 7.69. The Hall–Kier alpha value is -2.22. The number of hydroxylamine groups is 2. The van der Waals surface area contributed by atoms with Crippen LogP contribution in [0.25, 0.3) is 0 Å². The van der Waals surface area contributed by atoms with Crippen molar-refractivity contribution >= 4 is 0 Å². The first kappa shape index (κ1) is 14.4. The zero-order valence-electron chi connectivity index (χ0n) is 12.5. The van der Waals surface area contributed by atoms with Gasteiger partial charge in [-0.05, 0) is 42.7 Å². The molecule has 116 valence electrons. The van der Waals surface area contributed by atoms with Crippen LogP contribution in [0, 0.1) is 28.7 Å². The number of quaternary nitrogens is 1. The number of hydrogen-bond donors (Lipinski definition) is 1. The van der Waals surface area contributed by atoms with E-state index in [0.29, 0.717) is 18.2 Å². The lowest BCUT2D eigenvalue weighted by molar-refractivity contribution is -0.868. The Morgan fingerprint density at radius 3 is 2.70 bits per heavy atom. The quantitative estimate of drug-likeness (QED) is 0.587. The molecule has 0 radical (unpaired) electrons. The average molecular weight is 311 g/mol. The van der Waals surface area contributed by atoms with E-state index >= 15 is 0 Å². The van der Waals surface area contributed by atoms with Gasteiger partial charge in [0.05, 0.1) is 12.1 Å². The SMILES string of the molecule is [O-][NH+]1Cc2ccc(C#Cc3cccc(F)c3F)cc2C2(CC2)C1. The summed E-state index contributed by atoms with van der Waals surface area (Å²) >= 11 is 0. The molecule has 2 aromatic carbocycles. The van der Waals surface area contributed by atoms with E-state index in [9.17, 15) is 14.0 Å². The van der Waals surface area contributed by atoms with Crippen LogP contribution >= 0.6 is 0 Å². The summed E-state index contributed by atoms with van der Waals surface area (Å²) < 4.78 is 26.8. The number of halogens is 2. The largest absolute Gasteiger partial charge is 0.634 e. The lowest BCUT2D eigenvalue weighted by Crippen LogP contribution is -3.08. The summed E-state index contributed by atoms with van der Waals surface area (Å²) in [6.45, 7) is 1.11. The maximum absolute atomic E-state index is 13.6. The molecule has 2 nitrogen and oxygen atoms in total. The van der Waals surface area contributed by atoms with Crippen molar-refractivity contribution in [3.05, 3.63) is 75.5 Å². The summed E-state index contributed by atoms with van der Waals surface area (Å²) in [5.74, 6) is 3.81. The summed E-state index contributed by atoms with van der Waals surface area (Å²) in [5, 5.41) is 12.1. The van der Waals surface area contributed by atoms with E-state index in [1.165, 1.54) is 17.7 Å². The molecule has 0 amide bonds. The summed E-state index contributed by atoms with van der Waals surface area (Å²) in [5.41, 5.74) is 3.14. The van der Waals surface area contributed by atoms with E-state index in [2.05, 4.69) is 11.8 Å². The van der Waals surface area contributed by atoms with Crippen LogP contribution in [0.1, 0.15) is 35.1 Å². The standard InChI is InChI=1S/C19H15F2NO/c20-17-3-1-2-14(18(17)21)6-4-13-5-7-15-11-22(23)12-19(8-9-19)16(15)10-13/h1-3,5,7,10,22H,8-9,11-12H2. The fraction of sp³-hybridized carbons (Fsp3) is 0.263. The molecule has 1 aliphatic carbocycles. The molecule has 1 spiro atoms. The fourth-order valence-electron chi connectivity index (χ4n) is 3.39. The van der Waals surface area contributed by atoms with Gasteiger partial charge in [-0.1, -0.05) is 24.0 Å². The minimum Gasteiger partial charge on any atom is -0.634 e. The van der Waals surface area contributed by atoms with E-state index in [1.807, 2.05) is 18.2 Å². The molecule has 0 saturated heterocycles. The Bertz CT molecular complexity index is 846. The molecule has 1 atom stereocenters. The molecule has 1 N–H and O–H groups in total. The van der Waals surface area contributed by atoms with Crippen LogP contribution in [0.15, 0.2) is 36.4 Å². The smallest absolute Gasteiger partial charge is 0.174 e. The second-order valence-corrected chi connectivity index (χ2v) is 6.40. The lowest BCUT2D eigenvalue weighted by atomic mass is 9.86. The van der Waals surface area contributed by atoms with Crippen molar-refractivity contribution in [1.29, 1.82) is 0 Å². The van der Waals surface area contributed by atoms with Gasteiger partial charge in [0.15, 0.2) is 11.6 Å². The van der Waals surface area contributed by atoms with Crippen molar-refractivity contribution in [2.75, 3.05) is 6.54 Å². The van der Waals surface area contributed by atoms with Gasteiger partial charge in [-0.25, -0.2) is 8.78 Å². The lowest BCUT2D eigenvalue weighted by Gasteiger charge is -2.34. The first-order chi connectivity index (χ1) is 11.1. The summed E-state index contributed by atoms with van der Waals surface area (Å²) in [4.78, 5) is 0. The molecule has 2 aromatic rings. The van der Waals surface area contributed by atoms with Crippen molar-refractivity contribution in [3.8, 4) is 11.8 Å². The van der Waals surface area contributed by atoms with E-state index in [1.54, 1.807) is 0 Å². The Morgan fingerprint density at radius 1 is 1.09 bits per heavy atom. The van der Waals surface area contributed by atoms with E-state index in [0.717, 1.165) is 30.0 Å². The second-order valence-electron chi connectivity index (χ2n) is 6.40. The van der Waals surface area contributed by atoms with E-state index in [4.69, 9.17) is 0 Å². The monoisotopic (exact) mass is 311 g/mol. The molecule has 0 bridgehead atoms. The molecule has 1 aliphatic heterocycles. The maximum atomic E-state index is 13.6. The van der Waals surface area contributed by atoms with E-state index in [-0.39, 0.29) is 11.0 Å². The molecule has 23 heavy (non-hydrogen) atoms. The highest BCUT2D eigenvalue weighted by Gasteiger charge is 2.50. The number of nitrogens with one attached hydrogen (secondary N) is 1. The van der Waals surface area contributed by atoms with Crippen LogP contribution in [-0.4, -0.2) is 6.54 Å². The van der Waals surface area contributed by atoms with Crippen molar-refractivity contribution < 1.29 is 13.8 Å². The fourth-order valence-corrected chi connectivity index (χ4v) is 3.39. The Balaban J connectivity index is 1.70. The molecular weight excluding hydrogens is 296 g/mol. The molecular formula is C19H15F2NO. The predicted octanol–water partition coefficient (Wildman–Crippen LogP) is 2.29. The summed E-state index contributed by atoms with van der Waals surface area (Å²) in [7, 11) is 0. The van der Waals surface area contributed by atoms with Crippen LogP contribution in [0.4, 0.5) is 8.78 Å². The van der Waals surface area contributed by atoms with Crippen LogP contribution in [0.5, 0.6) is 0 Å². The minimum atomic E-state index is -0.915. The molecule has 4 rings (SSSR count). The normalized spacial score (nSPS) is 20.6. The first-order valence-corrected chi connectivity index (χ1v) is 7.69. The van der Waals surface area contributed by atoms with Gasteiger partial charge in [0, 0.05) is 16.5 Å². The van der Waals surface area contributed by atoms with Crippen LogP contribution in [0.2, 0.25) is 0 Å². The highest BCUT2D eigenvalue weighted by Crippen LogP contribution is 2.49. The van der Waals surface area contributed by atoms with Gasteiger partial charge >= 0.3 is 0 Å². The third-order valence-corrected chi connectivity index (χ3v) is 4.75. The molecule has 1 heterocycles. The molecule has 1 fully saturated rings. The third-order valence-electron chi connectivity index (χ3n) is 4.75. The third kappa shape index (κ3) is 2.52. The van der Waals surface area contributed by atoms with Crippen molar-refractivity contribution in [2.24, 2.45) is 0 Å². The molecule has 1 unspecified atom stereocenters. The predicted molar refractivity (Wildman–Crippen MR) is 82.6 cm³/mol. The van der Waals surface area contributed by atoms with Crippen molar-refractivity contribution in [2.45, 2.75) is 24.8 Å². The second kappa shape index (κ2) is 5.16. The number of hydrogen-bond acceptors (Lipinski definition) is 1. The molecule has 1 saturated carbocycles. The van der Waals surface area contributed by atoms with Crippen LogP contribution in [-0.2, 0) is 12.0 Å². The zero-order valence-corrected chi connectivity index (χ0v) is 12.5. The molecule has 2 aliphatic rings. The molecule has 0 aromatic heterocycles. The zero-order chi connectivity index (χ0) is 16.0. The van der Waals surface area contributed by atoms with Gasteiger partial charge in [-0.15, -0.1) is 0 Å². The maximum Gasteiger partial charge on any atom is 0.174 e. The Morgan fingerprint density at radius 2 is 1.91 bits per heavy atom. The Kier molecular flexibility index (Phi) is 3.22. The van der Waals surface area contributed by atoms with Gasteiger partial charge in [-0.2, -0.15) is 0 Å². The van der Waals surface area contributed by atoms with Gasteiger partial charge in [0.1, 0.15) is 6.54 Å².